The van der Waals surface area contributed by atoms with Crippen molar-refractivity contribution in [3.05, 3.63) is 70.7 Å². The Hall–Kier alpha value is -3.91. The van der Waals surface area contributed by atoms with Crippen LogP contribution in [0.5, 0.6) is 0 Å². The largest absolute Gasteiger partial charge is 0.434 e. The number of alkyl halides is 4. The van der Waals surface area contributed by atoms with Crippen LogP contribution >= 0.6 is 11.6 Å². The number of ether oxygens (including phenoxy) is 1. The van der Waals surface area contributed by atoms with Gasteiger partial charge in [0.1, 0.15) is 6.04 Å². The van der Waals surface area contributed by atoms with E-state index in [1.54, 1.807) is 6.07 Å². The molecule has 15 heteroatoms. The van der Waals surface area contributed by atoms with Gasteiger partial charge in [-0.15, -0.1) is 0 Å². The summed E-state index contributed by atoms with van der Waals surface area (Å²) in [5.41, 5.74) is -0.719. The second-order valence-corrected chi connectivity index (χ2v) is 11.4. The third-order valence-corrected chi connectivity index (χ3v) is 7.73. The fraction of sp³-hybridized carbons (Fsp3) is 0.467. The molecular weight excluding hydrogens is 624 g/mol. The van der Waals surface area contributed by atoms with E-state index in [1.807, 2.05) is 5.32 Å². The first-order chi connectivity index (χ1) is 21.3. The number of carbonyl (C=O) groups excluding carboxylic acids is 4. The molecule has 0 aromatic heterocycles. The van der Waals surface area contributed by atoms with Gasteiger partial charge in [0.05, 0.1) is 6.04 Å². The molecule has 1 aliphatic heterocycles. The van der Waals surface area contributed by atoms with Gasteiger partial charge in [0, 0.05) is 35.5 Å². The predicted octanol–water partition coefficient (Wildman–Crippen LogP) is 3.57. The Labute approximate surface area is 261 Å². The lowest BCUT2D eigenvalue weighted by Crippen LogP contribution is -2.56. The monoisotopic (exact) mass is 656 g/mol. The van der Waals surface area contributed by atoms with Gasteiger partial charge in [-0.05, 0) is 43.4 Å². The summed E-state index contributed by atoms with van der Waals surface area (Å²) in [6.07, 6.45) is -8.56. The van der Waals surface area contributed by atoms with E-state index in [1.165, 1.54) is 36.4 Å². The molecule has 10 nitrogen and oxygen atoms in total. The average molecular weight is 657 g/mol. The molecule has 244 valence electrons. The highest BCUT2D eigenvalue weighted by molar-refractivity contribution is 6.30. The van der Waals surface area contributed by atoms with Gasteiger partial charge in [0.15, 0.2) is 12.2 Å². The Balaban J connectivity index is 1.52. The zero-order valence-electron chi connectivity index (χ0n) is 23.9. The molecule has 2 fully saturated rings. The van der Waals surface area contributed by atoms with E-state index < -0.39 is 72.4 Å². The summed E-state index contributed by atoms with van der Waals surface area (Å²) in [5, 5.41) is 20.1. The molecule has 0 bridgehead atoms. The average Bonchev–Trinajstić information content (AvgIpc) is 3.73. The number of alkyl carbamates (subject to hydrolysis) is 1. The molecule has 45 heavy (non-hydrogen) atoms. The lowest BCUT2D eigenvalue weighted by atomic mass is 9.94. The van der Waals surface area contributed by atoms with Gasteiger partial charge in [-0.2, -0.15) is 8.78 Å². The van der Waals surface area contributed by atoms with E-state index in [9.17, 15) is 33.1 Å². The van der Waals surface area contributed by atoms with Crippen LogP contribution in [0.2, 0.25) is 5.02 Å². The van der Waals surface area contributed by atoms with Crippen molar-refractivity contribution in [1.82, 2.24) is 21.3 Å². The normalized spacial score (nSPS) is 19.2. The highest BCUT2D eigenvalue weighted by atomic mass is 35.5. The Kier molecular flexibility index (Phi) is 11.3. The maximum absolute atomic E-state index is 15.7. The Morgan fingerprint density at radius 3 is 2.33 bits per heavy atom. The summed E-state index contributed by atoms with van der Waals surface area (Å²) >= 11 is 5.90. The lowest BCUT2D eigenvalue weighted by Gasteiger charge is -2.29. The standard InChI is InChI=1S/C30H33ClF4N4O6/c31-19-8-4-7-18(14-19)30(34,35)25(16-5-2-1-3-6-16)45-29(44)39-22(15-23(32)33)27(42)38-21(13-17-11-12-36-26(17)41)24(40)28(43)37-20-9-10-20/h1-8,14,17,20-25,40H,9-13,15H2,(H,36,41)(H,37,43)(H,38,42)(H,39,44)/t17-,21-,22-,24?,25?/m0/s1. The zero-order chi connectivity index (χ0) is 32.7. The molecule has 2 aliphatic rings. The van der Waals surface area contributed by atoms with E-state index in [-0.39, 0.29) is 29.0 Å². The topological polar surface area (TPSA) is 146 Å². The van der Waals surface area contributed by atoms with Crippen LogP contribution in [0.1, 0.15) is 49.3 Å². The van der Waals surface area contributed by atoms with Crippen molar-refractivity contribution >= 4 is 35.4 Å². The number of aliphatic hydroxyl groups excluding tert-OH is 1. The maximum atomic E-state index is 15.7. The second-order valence-electron chi connectivity index (χ2n) is 11.0. The number of rotatable bonds is 14. The van der Waals surface area contributed by atoms with Crippen molar-refractivity contribution in [3.63, 3.8) is 0 Å². The zero-order valence-corrected chi connectivity index (χ0v) is 24.6. The quantitative estimate of drug-likeness (QED) is 0.197. The summed E-state index contributed by atoms with van der Waals surface area (Å²) in [4.78, 5) is 51.0. The van der Waals surface area contributed by atoms with Gasteiger partial charge in [0.2, 0.25) is 18.2 Å². The summed E-state index contributed by atoms with van der Waals surface area (Å²) in [6.45, 7) is 0.332. The highest BCUT2D eigenvalue weighted by Gasteiger charge is 2.46. The number of amides is 4. The summed E-state index contributed by atoms with van der Waals surface area (Å²) < 4.78 is 63.7. The molecule has 1 aliphatic carbocycles. The van der Waals surface area contributed by atoms with Crippen LogP contribution in [0.4, 0.5) is 22.4 Å². The molecule has 1 saturated carbocycles. The van der Waals surface area contributed by atoms with Crippen molar-refractivity contribution in [2.24, 2.45) is 5.92 Å². The molecule has 4 amide bonds. The van der Waals surface area contributed by atoms with Crippen LogP contribution in [0.3, 0.4) is 0 Å². The first-order valence-corrected chi connectivity index (χ1v) is 14.7. The van der Waals surface area contributed by atoms with Crippen LogP contribution < -0.4 is 21.3 Å². The van der Waals surface area contributed by atoms with Gasteiger partial charge in [-0.3, -0.25) is 14.4 Å². The predicted molar refractivity (Wildman–Crippen MR) is 153 cm³/mol. The smallest absolute Gasteiger partial charge is 0.408 e. The Morgan fingerprint density at radius 1 is 1.02 bits per heavy atom. The van der Waals surface area contributed by atoms with Crippen LogP contribution in [-0.2, 0) is 25.0 Å². The minimum absolute atomic E-state index is 0.00486. The molecule has 5 atom stereocenters. The molecule has 0 spiro atoms. The Morgan fingerprint density at radius 2 is 1.73 bits per heavy atom. The molecule has 4 rings (SSSR count). The molecule has 5 N–H and O–H groups in total. The van der Waals surface area contributed by atoms with Crippen molar-refractivity contribution in [1.29, 1.82) is 0 Å². The van der Waals surface area contributed by atoms with E-state index >= 15 is 8.78 Å². The van der Waals surface area contributed by atoms with Crippen LogP contribution in [0.15, 0.2) is 54.6 Å². The molecule has 2 aromatic rings. The minimum atomic E-state index is -3.85. The van der Waals surface area contributed by atoms with Gasteiger partial charge in [-0.1, -0.05) is 54.1 Å². The first kappa shape index (κ1) is 34.0. The van der Waals surface area contributed by atoms with Crippen molar-refractivity contribution in [2.75, 3.05) is 6.54 Å². The number of nitrogens with one attached hydrogen (secondary N) is 4. The number of halogens is 5. The maximum Gasteiger partial charge on any atom is 0.408 e. The van der Waals surface area contributed by atoms with Gasteiger partial charge < -0.3 is 31.1 Å². The molecule has 1 heterocycles. The second kappa shape index (κ2) is 14.9. The summed E-state index contributed by atoms with van der Waals surface area (Å²) in [6, 6.07) is 8.11. The van der Waals surface area contributed by atoms with Crippen molar-refractivity contribution < 1.29 is 46.6 Å². The van der Waals surface area contributed by atoms with Crippen molar-refractivity contribution in [3.8, 4) is 0 Å². The third kappa shape index (κ3) is 9.30. The first-order valence-electron chi connectivity index (χ1n) is 14.4. The SMILES string of the molecule is O=C(N[C@@H](CC(F)F)C(=O)N[C@@H](C[C@@H]1CCNC1=O)C(O)C(=O)NC1CC1)OC(c1ccccc1)C(F)(F)c1cccc(Cl)c1. The van der Waals surface area contributed by atoms with Crippen LogP contribution in [-0.4, -0.2) is 66.1 Å². The molecule has 1 saturated heterocycles. The number of aliphatic hydroxyl groups is 1. The number of hydrogen-bond donors (Lipinski definition) is 5. The number of hydrogen-bond acceptors (Lipinski definition) is 6. The third-order valence-electron chi connectivity index (χ3n) is 7.49. The summed E-state index contributed by atoms with van der Waals surface area (Å²) in [7, 11) is 0. The van der Waals surface area contributed by atoms with Gasteiger partial charge in [0.25, 0.3) is 5.91 Å². The fourth-order valence-corrected chi connectivity index (χ4v) is 5.13. The fourth-order valence-electron chi connectivity index (χ4n) is 4.94. The number of carbonyl (C=O) groups is 4. The molecule has 2 aromatic carbocycles. The minimum Gasteiger partial charge on any atom is -0.434 e. The number of benzene rings is 2. The van der Waals surface area contributed by atoms with Gasteiger partial charge in [-0.25, -0.2) is 13.6 Å². The van der Waals surface area contributed by atoms with Gasteiger partial charge >= 0.3 is 12.0 Å². The summed E-state index contributed by atoms with van der Waals surface area (Å²) in [5.74, 6) is -6.98. The molecular formula is C30H33ClF4N4O6. The van der Waals surface area contributed by atoms with Crippen LogP contribution in [0.25, 0.3) is 0 Å². The van der Waals surface area contributed by atoms with Crippen LogP contribution in [0, 0.1) is 5.92 Å². The lowest BCUT2D eigenvalue weighted by molar-refractivity contribution is -0.134. The molecule has 0 radical (unpaired) electrons. The molecule has 2 unspecified atom stereocenters. The van der Waals surface area contributed by atoms with Crippen molar-refractivity contribution in [2.45, 2.75) is 74.8 Å². The van der Waals surface area contributed by atoms with E-state index in [0.29, 0.717) is 25.8 Å². The Bertz CT molecular complexity index is 1370. The van der Waals surface area contributed by atoms with E-state index in [0.717, 1.165) is 12.1 Å². The van der Waals surface area contributed by atoms with E-state index in [4.69, 9.17) is 16.3 Å². The van der Waals surface area contributed by atoms with E-state index in [2.05, 4.69) is 16.0 Å². The highest BCUT2D eigenvalue weighted by Crippen LogP contribution is 2.43.